The van der Waals surface area contributed by atoms with E-state index in [-0.39, 0.29) is 11.7 Å². The van der Waals surface area contributed by atoms with Crippen molar-refractivity contribution in [2.45, 2.75) is 45.3 Å². The smallest absolute Gasteiger partial charge is 0.407 e. The quantitative estimate of drug-likeness (QED) is 0.841. The Morgan fingerprint density at radius 3 is 2.50 bits per heavy atom. The third-order valence-electron chi connectivity index (χ3n) is 3.56. The average molecular weight is 336 g/mol. The number of nitrogens with one attached hydrogen (secondary N) is 1. The zero-order chi connectivity index (χ0) is 17.7. The van der Waals surface area contributed by atoms with Gasteiger partial charge in [-0.25, -0.2) is 14.6 Å². The maximum absolute atomic E-state index is 11.8. The van der Waals surface area contributed by atoms with Crippen molar-refractivity contribution in [3.05, 3.63) is 18.1 Å². The monoisotopic (exact) mass is 336 g/mol. The minimum absolute atomic E-state index is 0.0628. The molecule has 1 aliphatic rings. The zero-order valence-electron chi connectivity index (χ0n) is 14.5. The number of hydrogen-bond acceptors (Lipinski definition) is 7. The van der Waals surface area contributed by atoms with Gasteiger partial charge in [-0.15, -0.1) is 0 Å². The number of methoxy groups -OCH3 is 1. The number of aromatic nitrogens is 2. The standard InChI is InChI=1S/C16H24N4O4/c1-16(2,3)24-15(22)18-11-5-7-20(8-6-11)13-10-17-9-12(19-13)14(21)23-4/h9-11H,5-8H2,1-4H3,(H,18,22). The number of piperidine rings is 1. The summed E-state index contributed by atoms with van der Waals surface area (Å²) in [6.45, 7) is 6.92. The van der Waals surface area contributed by atoms with Gasteiger partial charge < -0.3 is 19.7 Å². The molecule has 1 saturated heterocycles. The van der Waals surface area contributed by atoms with Crippen LogP contribution in [0, 0.1) is 0 Å². The maximum Gasteiger partial charge on any atom is 0.407 e. The molecule has 1 amide bonds. The molecule has 24 heavy (non-hydrogen) atoms. The van der Waals surface area contributed by atoms with Gasteiger partial charge in [-0.2, -0.15) is 0 Å². The molecule has 0 aromatic carbocycles. The van der Waals surface area contributed by atoms with E-state index in [4.69, 9.17) is 4.74 Å². The number of ether oxygens (including phenoxy) is 2. The van der Waals surface area contributed by atoms with Gasteiger partial charge in [0.05, 0.1) is 19.5 Å². The van der Waals surface area contributed by atoms with Crippen molar-refractivity contribution in [3.63, 3.8) is 0 Å². The first-order valence-electron chi connectivity index (χ1n) is 7.93. The van der Waals surface area contributed by atoms with Crippen LogP contribution in [0.2, 0.25) is 0 Å². The summed E-state index contributed by atoms with van der Waals surface area (Å²) in [6.07, 6.45) is 4.14. The number of nitrogens with zero attached hydrogens (tertiary/aromatic N) is 3. The highest BCUT2D eigenvalue weighted by atomic mass is 16.6. The van der Waals surface area contributed by atoms with Crippen LogP contribution in [0.5, 0.6) is 0 Å². The van der Waals surface area contributed by atoms with E-state index in [0.29, 0.717) is 18.9 Å². The number of anilines is 1. The van der Waals surface area contributed by atoms with Gasteiger partial charge in [-0.05, 0) is 33.6 Å². The largest absolute Gasteiger partial charge is 0.464 e. The van der Waals surface area contributed by atoms with Crippen LogP contribution in [0.1, 0.15) is 44.1 Å². The fraction of sp³-hybridized carbons (Fsp3) is 0.625. The molecule has 0 spiro atoms. The molecule has 1 aliphatic heterocycles. The van der Waals surface area contributed by atoms with Crippen molar-refractivity contribution < 1.29 is 19.1 Å². The Kier molecular flexibility index (Phi) is 5.58. The Hall–Kier alpha value is -2.38. The molecule has 1 aromatic rings. The predicted octanol–water partition coefficient (Wildman–Crippen LogP) is 1.76. The third kappa shape index (κ3) is 5.07. The molecule has 1 aromatic heterocycles. The second kappa shape index (κ2) is 7.46. The maximum atomic E-state index is 11.8. The van der Waals surface area contributed by atoms with Crippen LogP contribution in [0.3, 0.4) is 0 Å². The lowest BCUT2D eigenvalue weighted by molar-refractivity contribution is 0.0496. The molecule has 0 unspecified atom stereocenters. The van der Waals surface area contributed by atoms with Crippen molar-refractivity contribution in [3.8, 4) is 0 Å². The molecule has 132 valence electrons. The van der Waals surface area contributed by atoms with Gasteiger partial charge in [-0.3, -0.25) is 4.98 Å². The van der Waals surface area contributed by atoms with Crippen molar-refractivity contribution in [1.82, 2.24) is 15.3 Å². The molecule has 8 heteroatoms. The molecule has 2 heterocycles. The summed E-state index contributed by atoms with van der Waals surface area (Å²) in [7, 11) is 1.31. The van der Waals surface area contributed by atoms with E-state index in [9.17, 15) is 9.59 Å². The molecule has 0 bridgehead atoms. The summed E-state index contributed by atoms with van der Waals surface area (Å²) in [5.41, 5.74) is -0.321. The van der Waals surface area contributed by atoms with E-state index in [1.807, 2.05) is 25.7 Å². The lowest BCUT2D eigenvalue weighted by Gasteiger charge is -2.33. The average Bonchev–Trinajstić information content (AvgIpc) is 2.53. The minimum Gasteiger partial charge on any atom is -0.464 e. The number of alkyl carbamates (subject to hydrolysis) is 1. The zero-order valence-corrected chi connectivity index (χ0v) is 14.5. The number of carbonyl (C=O) groups excluding carboxylic acids is 2. The highest BCUT2D eigenvalue weighted by Gasteiger charge is 2.24. The number of carbonyl (C=O) groups is 2. The highest BCUT2D eigenvalue weighted by Crippen LogP contribution is 2.18. The predicted molar refractivity (Wildman–Crippen MR) is 88.0 cm³/mol. The van der Waals surface area contributed by atoms with E-state index < -0.39 is 17.7 Å². The van der Waals surface area contributed by atoms with E-state index in [1.54, 1.807) is 6.20 Å². The summed E-state index contributed by atoms with van der Waals surface area (Å²) in [5, 5.41) is 2.89. The van der Waals surface area contributed by atoms with Crippen LogP contribution < -0.4 is 10.2 Å². The Morgan fingerprint density at radius 1 is 1.25 bits per heavy atom. The first kappa shape index (κ1) is 18.0. The Bertz CT molecular complexity index is 592. The van der Waals surface area contributed by atoms with Crippen molar-refractivity contribution >= 4 is 17.9 Å². The molecular weight excluding hydrogens is 312 g/mol. The topological polar surface area (TPSA) is 93.7 Å². The normalized spacial score (nSPS) is 15.8. The highest BCUT2D eigenvalue weighted by molar-refractivity contribution is 5.87. The number of rotatable bonds is 3. The Labute approximate surface area is 141 Å². The second-order valence-corrected chi connectivity index (χ2v) is 6.66. The second-order valence-electron chi connectivity index (χ2n) is 6.66. The SMILES string of the molecule is COC(=O)c1cncc(N2CCC(NC(=O)OC(C)(C)C)CC2)n1. The number of hydrogen-bond donors (Lipinski definition) is 1. The summed E-state index contributed by atoms with van der Waals surface area (Å²) in [4.78, 5) is 33.7. The lowest BCUT2D eigenvalue weighted by atomic mass is 10.1. The Morgan fingerprint density at radius 2 is 1.92 bits per heavy atom. The van der Waals surface area contributed by atoms with E-state index >= 15 is 0 Å². The summed E-state index contributed by atoms with van der Waals surface area (Å²) in [5.74, 6) is 0.124. The molecule has 1 fully saturated rings. The Balaban J connectivity index is 1.89. The molecule has 2 rings (SSSR count). The molecule has 0 radical (unpaired) electrons. The van der Waals surface area contributed by atoms with Gasteiger partial charge in [0.2, 0.25) is 0 Å². The van der Waals surface area contributed by atoms with E-state index in [0.717, 1.165) is 12.8 Å². The molecular formula is C16H24N4O4. The van der Waals surface area contributed by atoms with Crippen molar-refractivity contribution in [2.75, 3.05) is 25.1 Å². The summed E-state index contributed by atoms with van der Waals surface area (Å²) in [6, 6.07) is 0.0628. The van der Waals surface area contributed by atoms with Crippen LogP contribution >= 0.6 is 0 Å². The van der Waals surface area contributed by atoms with Gasteiger partial charge in [0, 0.05) is 19.1 Å². The minimum atomic E-state index is -0.508. The van der Waals surface area contributed by atoms with Gasteiger partial charge in [0.15, 0.2) is 5.69 Å². The van der Waals surface area contributed by atoms with Gasteiger partial charge >= 0.3 is 12.1 Å². The fourth-order valence-electron chi connectivity index (χ4n) is 2.44. The first-order valence-corrected chi connectivity index (χ1v) is 7.93. The van der Waals surface area contributed by atoms with Crippen LogP contribution in [-0.2, 0) is 9.47 Å². The van der Waals surface area contributed by atoms with Gasteiger partial charge in [0.25, 0.3) is 0 Å². The summed E-state index contributed by atoms with van der Waals surface area (Å²) < 4.78 is 9.93. The molecule has 0 atom stereocenters. The van der Waals surface area contributed by atoms with Gasteiger partial charge in [-0.1, -0.05) is 0 Å². The fourth-order valence-corrected chi connectivity index (χ4v) is 2.44. The van der Waals surface area contributed by atoms with Crippen molar-refractivity contribution in [1.29, 1.82) is 0 Å². The van der Waals surface area contributed by atoms with E-state index in [1.165, 1.54) is 13.3 Å². The molecule has 8 nitrogen and oxygen atoms in total. The lowest BCUT2D eigenvalue weighted by Crippen LogP contribution is -2.46. The number of amides is 1. The van der Waals surface area contributed by atoms with Gasteiger partial charge in [0.1, 0.15) is 11.4 Å². The van der Waals surface area contributed by atoms with Crippen molar-refractivity contribution in [2.24, 2.45) is 0 Å². The molecule has 0 aliphatic carbocycles. The first-order chi connectivity index (χ1) is 11.3. The molecule has 1 N–H and O–H groups in total. The van der Waals surface area contributed by atoms with Crippen LogP contribution in [-0.4, -0.2) is 53.9 Å². The van der Waals surface area contributed by atoms with Crippen LogP contribution in [0.15, 0.2) is 12.4 Å². The summed E-state index contributed by atoms with van der Waals surface area (Å²) >= 11 is 0. The van der Waals surface area contributed by atoms with Crippen LogP contribution in [0.4, 0.5) is 10.6 Å². The number of esters is 1. The third-order valence-corrected chi connectivity index (χ3v) is 3.56. The molecule has 0 saturated carbocycles. The van der Waals surface area contributed by atoms with Crippen LogP contribution in [0.25, 0.3) is 0 Å². The van der Waals surface area contributed by atoms with E-state index in [2.05, 4.69) is 20.0 Å².